The molecule has 1 aliphatic rings. The number of hydrogen-bond acceptors (Lipinski definition) is 11. The molecule has 1 aromatic carbocycles. The largest absolute Gasteiger partial charge is 0.395 e. The number of nitrogens with zero attached hydrogens (tertiary/aromatic N) is 6. The Morgan fingerprint density at radius 2 is 2.12 bits per heavy atom. The summed E-state index contributed by atoms with van der Waals surface area (Å²) >= 11 is 1.48. The first-order chi connectivity index (χ1) is 15.8. The molecule has 0 bridgehead atoms. The van der Waals surface area contributed by atoms with E-state index in [0.717, 1.165) is 9.88 Å². The first-order valence-corrected chi connectivity index (χ1v) is 11.1. The number of nitro groups is 1. The van der Waals surface area contributed by atoms with E-state index in [1.54, 1.807) is 11.1 Å². The average Bonchev–Trinajstić information content (AvgIpc) is 3.24. The fraction of sp³-hybridized carbons (Fsp3) is 0.526. The molecule has 0 unspecified atom stereocenters. The molecule has 1 saturated heterocycles. The summed E-state index contributed by atoms with van der Waals surface area (Å²) in [5.41, 5.74) is 8.78. The fourth-order valence-electron chi connectivity index (χ4n) is 3.71. The molecule has 1 fully saturated rings. The number of aliphatic hydroxyl groups is 4. The smallest absolute Gasteiger partial charge is 0.292 e. The van der Waals surface area contributed by atoms with E-state index in [2.05, 4.69) is 20.3 Å². The molecule has 0 saturated carbocycles. The van der Waals surface area contributed by atoms with Crippen LogP contribution in [0.5, 0.6) is 0 Å². The summed E-state index contributed by atoms with van der Waals surface area (Å²) in [5, 5.41) is 57.8. The van der Waals surface area contributed by atoms with Crippen LogP contribution in [0.2, 0.25) is 0 Å². The summed E-state index contributed by atoms with van der Waals surface area (Å²) < 4.78 is 0. The lowest BCUT2D eigenvalue weighted by Crippen LogP contribution is -2.62. The van der Waals surface area contributed by atoms with Crippen molar-refractivity contribution in [3.8, 4) is 0 Å². The van der Waals surface area contributed by atoms with Crippen molar-refractivity contribution in [2.75, 3.05) is 31.6 Å². The van der Waals surface area contributed by atoms with Gasteiger partial charge in [0.1, 0.15) is 17.9 Å². The Labute approximate surface area is 192 Å². The van der Waals surface area contributed by atoms with Crippen molar-refractivity contribution in [2.24, 2.45) is 5.11 Å². The normalized spacial score (nSPS) is 23.2. The maximum atomic E-state index is 11.3. The van der Waals surface area contributed by atoms with Crippen LogP contribution in [0.4, 0.5) is 17.1 Å². The molecule has 178 valence electrons. The maximum absolute atomic E-state index is 11.3. The van der Waals surface area contributed by atoms with Gasteiger partial charge in [0.05, 0.1) is 28.7 Å². The molecule has 0 aliphatic carbocycles. The molecule has 0 amide bonds. The van der Waals surface area contributed by atoms with Crippen LogP contribution in [0, 0.1) is 10.1 Å². The second kappa shape index (κ2) is 11.3. The van der Waals surface area contributed by atoms with Gasteiger partial charge >= 0.3 is 0 Å². The number of aromatic nitrogens is 1. The summed E-state index contributed by atoms with van der Waals surface area (Å²) in [5.74, 6) is 0. The van der Waals surface area contributed by atoms with E-state index in [1.807, 2.05) is 0 Å². The zero-order valence-corrected chi connectivity index (χ0v) is 18.4. The van der Waals surface area contributed by atoms with Gasteiger partial charge in [-0.1, -0.05) is 11.2 Å². The van der Waals surface area contributed by atoms with E-state index in [4.69, 9.17) is 5.53 Å². The third-order valence-corrected chi connectivity index (χ3v) is 6.57. The maximum Gasteiger partial charge on any atom is 0.292 e. The predicted molar refractivity (Wildman–Crippen MR) is 120 cm³/mol. The Bertz CT molecular complexity index is 1010. The molecule has 14 heteroatoms. The van der Waals surface area contributed by atoms with Crippen molar-refractivity contribution < 1.29 is 25.3 Å². The highest BCUT2D eigenvalue weighted by Crippen LogP contribution is 2.29. The molecule has 4 atom stereocenters. The number of piperidine rings is 1. The number of hydrogen-bond donors (Lipinski definition) is 5. The van der Waals surface area contributed by atoms with Crippen LogP contribution in [-0.4, -0.2) is 85.8 Å². The van der Waals surface area contributed by atoms with E-state index in [9.17, 15) is 30.5 Å². The molecule has 1 aliphatic heterocycles. The second-order valence-electron chi connectivity index (χ2n) is 7.59. The number of nitro benzene ring substituents is 1. The monoisotopic (exact) mass is 479 g/mol. The third-order valence-electron chi connectivity index (χ3n) is 5.46. The van der Waals surface area contributed by atoms with E-state index in [-0.39, 0.29) is 24.5 Å². The van der Waals surface area contributed by atoms with Crippen LogP contribution in [0.3, 0.4) is 0 Å². The van der Waals surface area contributed by atoms with Gasteiger partial charge < -0.3 is 25.7 Å². The fourth-order valence-corrected chi connectivity index (χ4v) is 4.62. The molecule has 2 heterocycles. The third kappa shape index (κ3) is 6.15. The molecule has 13 nitrogen and oxygen atoms in total. The van der Waals surface area contributed by atoms with Gasteiger partial charge in [-0.2, -0.15) is 0 Å². The predicted octanol–water partition coefficient (Wildman–Crippen LogP) is 0.949. The van der Waals surface area contributed by atoms with Crippen molar-refractivity contribution in [1.29, 1.82) is 0 Å². The SMILES string of the molecule is [N-]=[N+]=Nc1ccc(NCCc2cnc(CCN3C[C@H](O)[C@@H](O)[C@H](O)[C@H]3CO)s2)c([N+](=O)[O-])c1. The number of thiazole rings is 1. The minimum Gasteiger partial charge on any atom is -0.395 e. The van der Waals surface area contributed by atoms with Crippen LogP contribution in [0.1, 0.15) is 9.88 Å². The summed E-state index contributed by atoms with van der Waals surface area (Å²) in [6.45, 7) is 0.678. The first kappa shape index (κ1) is 24.8. The number of rotatable bonds is 10. The molecular formula is C19H25N7O6S. The second-order valence-corrected chi connectivity index (χ2v) is 8.79. The Morgan fingerprint density at radius 1 is 1.33 bits per heavy atom. The van der Waals surface area contributed by atoms with Crippen molar-refractivity contribution in [3.63, 3.8) is 0 Å². The number of β-amino-alcohol motifs (C(OH)–C–C–N with tert-alkyl or cyclic N) is 1. The Hall–Kier alpha value is -2.84. The number of likely N-dealkylation sites (tertiary alicyclic amines) is 1. The number of benzene rings is 1. The van der Waals surface area contributed by atoms with Gasteiger partial charge in [0.2, 0.25) is 0 Å². The van der Waals surface area contributed by atoms with Gasteiger partial charge in [-0.25, -0.2) is 4.98 Å². The van der Waals surface area contributed by atoms with Crippen molar-refractivity contribution in [1.82, 2.24) is 9.88 Å². The number of azide groups is 1. The van der Waals surface area contributed by atoms with Gasteiger partial charge in [-0.3, -0.25) is 15.0 Å². The Balaban J connectivity index is 1.53. The van der Waals surface area contributed by atoms with Crippen LogP contribution in [-0.2, 0) is 12.8 Å². The zero-order chi connectivity index (χ0) is 24.0. The Kier molecular flexibility index (Phi) is 8.52. The molecule has 2 aromatic rings. The molecular weight excluding hydrogens is 454 g/mol. The van der Waals surface area contributed by atoms with E-state index in [0.29, 0.717) is 31.6 Å². The van der Waals surface area contributed by atoms with Gasteiger partial charge in [0.25, 0.3) is 5.69 Å². The molecule has 33 heavy (non-hydrogen) atoms. The van der Waals surface area contributed by atoms with Crippen LogP contribution >= 0.6 is 11.3 Å². The van der Waals surface area contributed by atoms with Gasteiger partial charge in [-0.15, -0.1) is 11.3 Å². The quantitative estimate of drug-likeness (QED) is 0.108. The highest BCUT2D eigenvalue weighted by Gasteiger charge is 2.40. The minimum atomic E-state index is -1.29. The van der Waals surface area contributed by atoms with Crippen molar-refractivity contribution >= 4 is 28.4 Å². The van der Waals surface area contributed by atoms with Gasteiger partial charge in [0.15, 0.2) is 0 Å². The molecule has 3 rings (SSSR count). The Morgan fingerprint density at radius 3 is 2.82 bits per heavy atom. The summed E-state index contributed by atoms with van der Waals surface area (Å²) in [4.78, 5) is 20.5. The molecule has 1 aromatic heterocycles. The lowest BCUT2D eigenvalue weighted by Gasteiger charge is -2.43. The molecule has 5 N–H and O–H groups in total. The number of aliphatic hydroxyl groups excluding tert-OH is 4. The number of anilines is 1. The van der Waals surface area contributed by atoms with Gasteiger partial charge in [-0.05, 0) is 11.6 Å². The lowest BCUT2D eigenvalue weighted by molar-refractivity contribution is -0.383. The topological polar surface area (TPSA) is 201 Å². The van der Waals surface area contributed by atoms with Crippen LogP contribution < -0.4 is 5.32 Å². The summed E-state index contributed by atoms with van der Waals surface area (Å²) in [7, 11) is 0. The number of nitrogens with one attached hydrogen (secondary N) is 1. The van der Waals surface area contributed by atoms with Crippen LogP contribution in [0.25, 0.3) is 10.4 Å². The molecule has 0 spiro atoms. The van der Waals surface area contributed by atoms with Crippen molar-refractivity contribution in [3.05, 3.63) is 54.8 Å². The first-order valence-electron chi connectivity index (χ1n) is 10.2. The molecule has 0 radical (unpaired) electrons. The minimum absolute atomic E-state index is 0.142. The standard InChI is InChI=1S/C19H25N7O6S/c20-24-23-11-1-2-13(14(7-11)26(31)32)21-5-3-12-8-22-17(33-12)4-6-25-9-16(28)19(30)18(29)15(25)10-27/h1-2,7-8,15-16,18-19,21,27-30H,3-6,9-10H2/t15-,16+,18-,19-/m1/s1. The van der Waals surface area contributed by atoms with E-state index in [1.165, 1.54) is 29.5 Å². The van der Waals surface area contributed by atoms with E-state index >= 15 is 0 Å². The zero-order valence-electron chi connectivity index (χ0n) is 17.6. The lowest BCUT2D eigenvalue weighted by atomic mass is 9.94. The van der Waals surface area contributed by atoms with Gasteiger partial charge in [0, 0.05) is 60.2 Å². The van der Waals surface area contributed by atoms with Crippen LogP contribution in [0.15, 0.2) is 29.5 Å². The highest BCUT2D eigenvalue weighted by molar-refractivity contribution is 7.11. The summed E-state index contributed by atoms with van der Waals surface area (Å²) in [6.07, 6.45) is -0.764. The van der Waals surface area contributed by atoms with E-state index < -0.39 is 29.3 Å². The summed E-state index contributed by atoms with van der Waals surface area (Å²) in [6, 6.07) is 3.54. The van der Waals surface area contributed by atoms with Crippen molar-refractivity contribution in [2.45, 2.75) is 37.2 Å². The highest BCUT2D eigenvalue weighted by atomic mass is 32.1. The average molecular weight is 480 g/mol.